The summed E-state index contributed by atoms with van der Waals surface area (Å²) in [7, 11) is 1.53. The molecule has 0 aromatic heterocycles. The van der Waals surface area contributed by atoms with Crippen LogP contribution < -0.4 is 5.32 Å². The van der Waals surface area contributed by atoms with Gasteiger partial charge < -0.3 is 20.1 Å². The van der Waals surface area contributed by atoms with E-state index >= 15 is 0 Å². The maximum Gasteiger partial charge on any atom is 0.252 e. The normalized spacial score (nSPS) is 18.6. The molecule has 0 saturated carbocycles. The molecule has 0 bridgehead atoms. The number of carbonyl (C=O) groups is 2. The van der Waals surface area contributed by atoms with Gasteiger partial charge in [0, 0.05) is 20.2 Å². The van der Waals surface area contributed by atoms with E-state index in [4.69, 9.17) is 9.84 Å². The zero-order chi connectivity index (χ0) is 16.7. The maximum atomic E-state index is 12.3. The molecule has 1 atom stereocenters. The largest absolute Gasteiger partial charge is 0.392 e. The number of ether oxygens (including phenoxy) is 1. The van der Waals surface area contributed by atoms with E-state index in [9.17, 15) is 9.59 Å². The monoisotopic (exact) mass is 320 g/mol. The smallest absolute Gasteiger partial charge is 0.252 e. The highest BCUT2D eigenvalue weighted by molar-refractivity contribution is 5.87. The molecule has 2 amide bonds. The van der Waals surface area contributed by atoms with Crippen molar-refractivity contribution in [3.05, 3.63) is 35.4 Å². The molecule has 126 valence electrons. The third-order valence-electron chi connectivity index (χ3n) is 4.01. The number of likely N-dealkylation sites (tertiary alicyclic amines) is 1. The van der Waals surface area contributed by atoms with Gasteiger partial charge in [0.25, 0.3) is 5.91 Å². The number of benzene rings is 1. The van der Waals surface area contributed by atoms with Crippen molar-refractivity contribution in [1.29, 1.82) is 0 Å². The summed E-state index contributed by atoms with van der Waals surface area (Å²) >= 11 is 0. The molecule has 1 heterocycles. The summed E-state index contributed by atoms with van der Waals surface area (Å²) in [6, 6.07) is 7.40. The first-order chi connectivity index (χ1) is 11.1. The molecule has 1 aliphatic heterocycles. The van der Waals surface area contributed by atoms with Crippen molar-refractivity contribution >= 4 is 11.8 Å². The van der Waals surface area contributed by atoms with Crippen LogP contribution in [0.15, 0.2) is 24.3 Å². The first-order valence-electron chi connectivity index (χ1n) is 7.91. The number of nitrogens with zero attached hydrogens (tertiary/aromatic N) is 1. The molecule has 1 fully saturated rings. The number of aliphatic hydroxyl groups is 1. The van der Waals surface area contributed by atoms with Gasteiger partial charge in [0.05, 0.1) is 13.2 Å². The Morgan fingerprint density at radius 1 is 1.39 bits per heavy atom. The molecule has 1 aromatic carbocycles. The Balaban J connectivity index is 1.87. The summed E-state index contributed by atoms with van der Waals surface area (Å²) in [4.78, 5) is 25.9. The van der Waals surface area contributed by atoms with Crippen LogP contribution >= 0.6 is 0 Å². The quantitative estimate of drug-likeness (QED) is 0.813. The molecule has 0 spiro atoms. The van der Waals surface area contributed by atoms with Crippen LogP contribution in [0, 0.1) is 0 Å². The molecule has 2 rings (SSSR count). The Bertz CT molecular complexity index is 547. The van der Waals surface area contributed by atoms with Crippen LogP contribution in [0.5, 0.6) is 0 Å². The van der Waals surface area contributed by atoms with Crippen LogP contribution in [0.2, 0.25) is 0 Å². The molecule has 6 heteroatoms. The SMILES string of the molecule is COC1CCCCN(CC(=O)NCc2cccc(CO)c2)C1=O. The summed E-state index contributed by atoms with van der Waals surface area (Å²) in [6.45, 7) is 0.995. The Morgan fingerprint density at radius 2 is 2.17 bits per heavy atom. The van der Waals surface area contributed by atoms with E-state index in [-0.39, 0.29) is 25.0 Å². The van der Waals surface area contributed by atoms with E-state index in [0.29, 0.717) is 19.5 Å². The van der Waals surface area contributed by atoms with E-state index in [1.807, 2.05) is 24.3 Å². The minimum absolute atomic E-state index is 0.0253. The molecule has 1 saturated heterocycles. The molecule has 23 heavy (non-hydrogen) atoms. The Kier molecular flexibility index (Phi) is 6.55. The highest BCUT2D eigenvalue weighted by Crippen LogP contribution is 2.14. The third kappa shape index (κ3) is 5.04. The third-order valence-corrected chi connectivity index (χ3v) is 4.01. The fourth-order valence-corrected chi connectivity index (χ4v) is 2.71. The highest BCUT2D eigenvalue weighted by atomic mass is 16.5. The van der Waals surface area contributed by atoms with Crippen LogP contribution in [0.1, 0.15) is 30.4 Å². The van der Waals surface area contributed by atoms with Gasteiger partial charge in [0.2, 0.25) is 5.91 Å². The van der Waals surface area contributed by atoms with E-state index in [2.05, 4.69) is 5.32 Å². The molecule has 1 aromatic rings. The predicted molar refractivity (Wildman–Crippen MR) is 85.4 cm³/mol. The lowest BCUT2D eigenvalue weighted by Gasteiger charge is -2.23. The second-order valence-electron chi connectivity index (χ2n) is 5.73. The second kappa shape index (κ2) is 8.64. The van der Waals surface area contributed by atoms with Gasteiger partial charge in [0.1, 0.15) is 6.10 Å². The molecule has 2 N–H and O–H groups in total. The summed E-state index contributed by atoms with van der Waals surface area (Å²) in [5.74, 6) is -0.299. The number of aliphatic hydroxyl groups excluding tert-OH is 1. The number of nitrogens with one attached hydrogen (secondary N) is 1. The Labute approximate surface area is 136 Å². The number of rotatable bonds is 6. The van der Waals surface area contributed by atoms with Gasteiger partial charge in [-0.2, -0.15) is 0 Å². The number of amides is 2. The first kappa shape index (κ1) is 17.4. The van der Waals surface area contributed by atoms with Crippen molar-refractivity contribution in [3.8, 4) is 0 Å². The zero-order valence-electron chi connectivity index (χ0n) is 13.5. The average molecular weight is 320 g/mol. The molecule has 6 nitrogen and oxygen atoms in total. The van der Waals surface area contributed by atoms with E-state index in [1.54, 1.807) is 4.90 Å². The molecule has 0 radical (unpaired) electrons. The molecule has 1 unspecified atom stereocenters. The van der Waals surface area contributed by atoms with Crippen molar-refractivity contribution in [3.63, 3.8) is 0 Å². The first-order valence-corrected chi connectivity index (χ1v) is 7.91. The van der Waals surface area contributed by atoms with Gasteiger partial charge >= 0.3 is 0 Å². The maximum absolute atomic E-state index is 12.3. The van der Waals surface area contributed by atoms with Crippen molar-refractivity contribution in [2.24, 2.45) is 0 Å². The zero-order valence-corrected chi connectivity index (χ0v) is 13.5. The van der Waals surface area contributed by atoms with Crippen molar-refractivity contribution in [1.82, 2.24) is 10.2 Å². The van der Waals surface area contributed by atoms with Gasteiger partial charge in [-0.05, 0) is 30.4 Å². The Hall–Kier alpha value is -1.92. The summed E-state index contributed by atoms with van der Waals surface area (Å²) in [5, 5.41) is 11.9. The van der Waals surface area contributed by atoms with E-state index < -0.39 is 6.10 Å². The lowest BCUT2D eigenvalue weighted by atomic mass is 10.1. The molecule has 0 aliphatic carbocycles. The lowest BCUT2D eigenvalue weighted by molar-refractivity contribution is -0.144. The minimum Gasteiger partial charge on any atom is -0.392 e. The molecule has 1 aliphatic rings. The minimum atomic E-state index is -0.438. The topological polar surface area (TPSA) is 78.9 Å². The molecular weight excluding hydrogens is 296 g/mol. The highest BCUT2D eigenvalue weighted by Gasteiger charge is 2.27. The lowest BCUT2D eigenvalue weighted by Crippen LogP contribution is -2.44. The van der Waals surface area contributed by atoms with E-state index in [1.165, 1.54) is 7.11 Å². The second-order valence-corrected chi connectivity index (χ2v) is 5.73. The van der Waals surface area contributed by atoms with Crippen LogP contribution in [-0.4, -0.2) is 48.1 Å². The van der Waals surface area contributed by atoms with Crippen LogP contribution in [-0.2, 0) is 27.5 Å². The van der Waals surface area contributed by atoms with Crippen LogP contribution in [0.4, 0.5) is 0 Å². The van der Waals surface area contributed by atoms with E-state index in [0.717, 1.165) is 24.0 Å². The number of hydrogen-bond donors (Lipinski definition) is 2. The van der Waals surface area contributed by atoms with Crippen molar-refractivity contribution < 1.29 is 19.4 Å². The van der Waals surface area contributed by atoms with Crippen LogP contribution in [0.25, 0.3) is 0 Å². The van der Waals surface area contributed by atoms with Gasteiger partial charge in [-0.3, -0.25) is 9.59 Å². The summed E-state index contributed by atoms with van der Waals surface area (Å²) < 4.78 is 5.20. The van der Waals surface area contributed by atoms with Gasteiger partial charge in [-0.25, -0.2) is 0 Å². The standard InChI is InChI=1S/C17H24N2O4/c1-23-15-7-2-3-8-19(17(15)22)11-16(21)18-10-13-5-4-6-14(9-13)12-20/h4-6,9,15,20H,2-3,7-8,10-12H2,1H3,(H,18,21). The summed E-state index contributed by atoms with van der Waals surface area (Å²) in [5.41, 5.74) is 1.73. The molecular formula is C17H24N2O4. The fourth-order valence-electron chi connectivity index (χ4n) is 2.71. The predicted octanol–water partition coefficient (Wildman–Crippen LogP) is 0.823. The van der Waals surface area contributed by atoms with Crippen molar-refractivity contribution in [2.45, 2.75) is 38.5 Å². The number of carbonyl (C=O) groups excluding carboxylic acids is 2. The Morgan fingerprint density at radius 3 is 2.91 bits per heavy atom. The van der Waals surface area contributed by atoms with Crippen LogP contribution in [0.3, 0.4) is 0 Å². The number of hydrogen-bond acceptors (Lipinski definition) is 4. The van der Waals surface area contributed by atoms with Gasteiger partial charge in [-0.1, -0.05) is 24.3 Å². The van der Waals surface area contributed by atoms with Gasteiger partial charge in [0.15, 0.2) is 0 Å². The summed E-state index contributed by atoms with van der Waals surface area (Å²) in [6.07, 6.45) is 2.08. The van der Waals surface area contributed by atoms with Gasteiger partial charge in [-0.15, -0.1) is 0 Å². The fraction of sp³-hybridized carbons (Fsp3) is 0.529. The average Bonchev–Trinajstić information content (AvgIpc) is 2.75. The van der Waals surface area contributed by atoms with Crippen molar-refractivity contribution in [2.75, 3.05) is 20.2 Å². The number of methoxy groups -OCH3 is 1.